The van der Waals surface area contributed by atoms with Gasteiger partial charge in [0.05, 0.1) is 5.52 Å². The van der Waals surface area contributed by atoms with Crippen molar-refractivity contribution in [2.24, 2.45) is 0 Å². The first-order valence-electron chi connectivity index (χ1n) is 7.29. The highest BCUT2D eigenvalue weighted by Gasteiger charge is 2.15. The van der Waals surface area contributed by atoms with E-state index < -0.39 is 5.76 Å². The van der Waals surface area contributed by atoms with Crippen molar-refractivity contribution in [1.82, 2.24) is 14.7 Å². The van der Waals surface area contributed by atoms with Gasteiger partial charge in [0.25, 0.3) is 0 Å². The summed E-state index contributed by atoms with van der Waals surface area (Å²) in [6, 6.07) is 12.8. The third-order valence-corrected chi connectivity index (χ3v) is 4.01. The molecule has 0 saturated carbocycles. The van der Waals surface area contributed by atoms with Crippen molar-refractivity contribution in [2.45, 2.75) is 13.5 Å². The van der Waals surface area contributed by atoms with Crippen molar-refractivity contribution in [3.05, 3.63) is 69.5 Å². The first-order valence-corrected chi connectivity index (χ1v) is 7.67. The van der Waals surface area contributed by atoms with E-state index in [1.165, 1.54) is 4.57 Å². The van der Waals surface area contributed by atoms with Gasteiger partial charge >= 0.3 is 5.76 Å². The van der Waals surface area contributed by atoms with Crippen LogP contribution in [0.4, 0.5) is 0 Å². The van der Waals surface area contributed by atoms with Crippen LogP contribution in [0.1, 0.15) is 11.5 Å². The molecule has 0 bridgehead atoms. The number of fused-ring (bicyclic) bond motifs is 1. The molecule has 120 valence electrons. The number of nitrogens with zero attached hydrogens (tertiary/aromatic N) is 3. The lowest BCUT2D eigenvalue weighted by Gasteiger charge is -1.98. The van der Waals surface area contributed by atoms with Gasteiger partial charge in [-0.1, -0.05) is 41.0 Å². The summed E-state index contributed by atoms with van der Waals surface area (Å²) in [6.45, 7) is 2.11. The maximum atomic E-state index is 12.0. The van der Waals surface area contributed by atoms with Crippen LogP contribution in [0.25, 0.3) is 22.5 Å². The van der Waals surface area contributed by atoms with Gasteiger partial charge in [-0.2, -0.15) is 4.98 Å². The molecule has 0 aliphatic carbocycles. The summed E-state index contributed by atoms with van der Waals surface area (Å²) in [7, 11) is 0. The Morgan fingerprint density at radius 1 is 1.21 bits per heavy atom. The van der Waals surface area contributed by atoms with Crippen molar-refractivity contribution >= 4 is 22.7 Å². The predicted molar refractivity (Wildman–Crippen MR) is 89.1 cm³/mol. The summed E-state index contributed by atoms with van der Waals surface area (Å²) in [4.78, 5) is 16.4. The third-order valence-electron chi connectivity index (χ3n) is 3.78. The topological polar surface area (TPSA) is 74.1 Å². The van der Waals surface area contributed by atoms with E-state index in [0.717, 1.165) is 11.1 Å². The van der Waals surface area contributed by atoms with Crippen LogP contribution in [-0.2, 0) is 6.54 Å². The van der Waals surface area contributed by atoms with E-state index in [1.807, 2.05) is 31.2 Å². The number of hydrogen-bond acceptors (Lipinski definition) is 5. The summed E-state index contributed by atoms with van der Waals surface area (Å²) in [5, 5.41) is 4.50. The van der Waals surface area contributed by atoms with Gasteiger partial charge < -0.3 is 8.94 Å². The molecule has 0 atom stereocenters. The minimum absolute atomic E-state index is 0.131. The highest BCUT2D eigenvalue weighted by molar-refractivity contribution is 6.31. The Morgan fingerprint density at radius 2 is 2.04 bits per heavy atom. The molecule has 0 spiro atoms. The number of oxazole rings is 1. The number of halogens is 1. The minimum Gasteiger partial charge on any atom is -0.408 e. The van der Waals surface area contributed by atoms with Crippen LogP contribution in [0, 0.1) is 6.92 Å². The largest absolute Gasteiger partial charge is 0.420 e. The maximum absolute atomic E-state index is 12.0. The molecule has 4 aromatic rings. The number of aromatic nitrogens is 3. The second kappa shape index (κ2) is 5.65. The molecule has 6 nitrogen and oxygen atoms in total. The molecule has 2 heterocycles. The Kier molecular flexibility index (Phi) is 3.46. The molecule has 4 rings (SSSR count). The first kappa shape index (κ1) is 14.7. The van der Waals surface area contributed by atoms with Crippen LogP contribution in [0.15, 0.2) is 56.2 Å². The lowest BCUT2D eigenvalue weighted by atomic mass is 10.1. The zero-order valence-corrected chi connectivity index (χ0v) is 13.4. The van der Waals surface area contributed by atoms with Crippen molar-refractivity contribution in [3.8, 4) is 11.4 Å². The van der Waals surface area contributed by atoms with Gasteiger partial charge in [-0.25, -0.2) is 4.79 Å². The summed E-state index contributed by atoms with van der Waals surface area (Å²) < 4.78 is 11.9. The fraction of sp³-hybridized carbons (Fsp3) is 0.118. The highest BCUT2D eigenvalue weighted by atomic mass is 35.5. The quantitative estimate of drug-likeness (QED) is 0.568. The number of benzene rings is 2. The number of hydrogen-bond donors (Lipinski definition) is 0. The fourth-order valence-electron chi connectivity index (χ4n) is 2.58. The Morgan fingerprint density at radius 3 is 2.88 bits per heavy atom. The third kappa shape index (κ3) is 2.51. The van der Waals surface area contributed by atoms with Crippen LogP contribution in [0.3, 0.4) is 0 Å². The molecule has 7 heteroatoms. The van der Waals surface area contributed by atoms with E-state index in [1.54, 1.807) is 18.2 Å². The van der Waals surface area contributed by atoms with E-state index >= 15 is 0 Å². The van der Waals surface area contributed by atoms with E-state index in [4.69, 9.17) is 20.5 Å². The number of rotatable bonds is 3. The lowest BCUT2D eigenvalue weighted by Crippen LogP contribution is -2.15. The van der Waals surface area contributed by atoms with E-state index in [-0.39, 0.29) is 6.54 Å². The summed E-state index contributed by atoms with van der Waals surface area (Å²) in [5.41, 5.74) is 2.99. The van der Waals surface area contributed by atoms with Gasteiger partial charge in [0.15, 0.2) is 5.58 Å². The number of aryl methyl sites for hydroxylation is 1. The summed E-state index contributed by atoms with van der Waals surface area (Å²) in [5.74, 6) is 0.322. The smallest absolute Gasteiger partial charge is 0.408 e. The van der Waals surface area contributed by atoms with Gasteiger partial charge in [-0.05, 0) is 24.6 Å². The molecular weight excluding hydrogens is 330 g/mol. The Labute approximate surface area is 141 Å². The standard InChI is InChI=1S/C17H12ClN3O3/c1-10-4-2-3-5-12(10)16-19-15(24-20-16)9-21-13-7-6-11(18)8-14(13)23-17(21)22/h2-8H,9H2,1H3. The van der Waals surface area contributed by atoms with Crippen LogP contribution >= 0.6 is 11.6 Å². The molecule has 2 aromatic carbocycles. The molecule has 2 aromatic heterocycles. The van der Waals surface area contributed by atoms with Gasteiger partial charge in [0.1, 0.15) is 6.54 Å². The average molecular weight is 342 g/mol. The molecule has 0 unspecified atom stereocenters. The molecule has 0 fully saturated rings. The van der Waals surface area contributed by atoms with Gasteiger partial charge in [0, 0.05) is 16.7 Å². The molecule has 0 amide bonds. The fourth-order valence-corrected chi connectivity index (χ4v) is 2.74. The summed E-state index contributed by atoms with van der Waals surface area (Å²) >= 11 is 5.91. The molecule has 0 aliphatic rings. The predicted octanol–water partition coefficient (Wildman–Crippen LogP) is 3.65. The minimum atomic E-state index is -0.497. The zero-order chi connectivity index (χ0) is 16.7. The molecular formula is C17H12ClN3O3. The van der Waals surface area contributed by atoms with Crippen molar-refractivity contribution in [1.29, 1.82) is 0 Å². The molecule has 0 radical (unpaired) electrons. The van der Waals surface area contributed by atoms with E-state index in [0.29, 0.717) is 27.8 Å². The van der Waals surface area contributed by atoms with Crippen LogP contribution in [-0.4, -0.2) is 14.7 Å². The summed E-state index contributed by atoms with van der Waals surface area (Å²) in [6.07, 6.45) is 0. The monoisotopic (exact) mass is 341 g/mol. The van der Waals surface area contributed by atoms with Gasteiger partial charge in [0.2, 0.25) is 11.7 Å². The second-order valence-corrected chi connectivity index (χ2v) is 5.83. The van der Waals surface area contributed by atoms with Crippen molar-refractivity contribution in [2.75, 3.05) is 0 Å². The lowest BCUT2D eigenvalue weighted by molar-refractivity contribution is 0.367. The van der Waals surface area contributed by atoms with Crippen molar-refractivity contribution in [3.63, 3.8) is 0 Å². The zero-order valence-electron chi connectivity index (χ0n) is 12.7. The highest BCUT2D eigenvalue weighted by Crippen LogP contribution is 2.21. The first-order chi connectivity index (χ1) is 11.6. The van der Waals surface area contributed by atoms with Crippen molar-refractivity contribution < 1.29 is 8.94 Å². The van der Waals surface area contributed by atoms with Crippen LogP contribution in [0.5, 0.6) is 0 Å². The van der Waals surface area contributed by atoms with Crippen LogP contribution < -0.4 is 5.76 Å². The normalized spacial score (nSPS) is 11.2. The van der Waals surface area contributed by atoms with E-state index in [2.05, 4.69) is 10.1 Å². The molecule has 0 saturated heterocycles. The molecule has 24 heavy (non-hydrogen) atoms. The van der Waals surface area contributed by atoms with Crippen LogP contribution in [0.2, 0.25) is 5.02 Å². The Hall–Kier alpha value is -2.86. The Balaban J connectivity index is 1.71. The SMILES string of the molecule is Cc1ccccc1-c1noc(Cn2c(=O)oc3cc(Cl)ccc32)n1. The Bertz CT molecular complexity index is 1090. The molecule has 0 aliphatic heterocycles. The van der Waals surface area contributed by atoms with E-state index in [9.17, 15) is 4.79 Å². The average Bonchev–Trinajstić information content (AvgIpc) is 3.13. The van der Waals surface area contributed by atoms with Gasteiger partial charge in [-0.15, -0.1) is 0 Å². The second-order valence-electron chi connectivity index (χ2n) is 5.39. The molecule has 0 N–H and O–H groups in total. The van der Waals surface area contributed by atoms with Gasteiger partial charge in [-0.3, -0.25) is 4.57 Å². The maximum Gasteiger partial charge on any atom is 0.420 e.